The summed E-state index contributed by atoms with van der Waals surface area (Å²) >= 11 is 0. The first-order valence-corrected chi connectivity index (χ1v) is 8.00. The predicted molar refractivity (Wildman–Crippen MR) is 81.8 cm³/mol. The number of hydrogen-bond donors (Lipinski definition) is 0. The van der Waals surface area contributed by atoms with E-state index in [0.717, 1.165) is 32.8 Å². The van der Waals surface area contributed by atoms with Crippen LogP contribution < -0.4 is 0 Å². The van der Waals surface area contributed by atoms with E-state index in [0.29, 0.717) is 6.10 Å². The van der Waals surface area contributed by atoms with E-state index in [9.17, 15) is 0 Å². The van der Waals surface area contributed by atoms with Crippen molar-refractivity contribution >= 4 is 0 Å². The maximum Gasteiger partial charge on any atom is 0.0829 e. The molecular formula is C17H26N2O. The summed E-state index contributed by atoms with van der Waals surface area (Å²) in [5.74, 6) is 0. The monoisotopic (exact) mass is 274 g/mol. The average molecular weight is 274 g/mol. The molecule has 0 N–H and O–H groups in total. The van der Waals surface area contributed by atoms with Crippen LogP contribution in [0.4, 0.5) is 0 Å². The molecule has 2 saturated heterocycles. The van der Waals surface area contributed by atoms with Gasteiger partial charge in [0.15, 0.2) is 0 Å². The second-order valence-corrected chi connectivity index (χ2v) is 6.07. The molecule has 2 fully saturated rings. The van der Waals surface area contributed by atoms with Crippen molar-refractivity contribution < 1.29 is 4.74 Å². The molecule has 3 heteroatoms. The summed E-state index contributed by atoms with van der Waals surface area (Å²) in [6.45, 7) is 7.71. The van der Waals surface area contributed by atoms with Crippen molar-refractivity contribution in [2.45, 2.75) is 31.9 Å². The number of morpholine rings is 1. The zero-order valence-electron chi connectivity index (χ0n) is 12.3. The van der Waals surface area contributed by atoms with Crippen LogP contribution in [0.15, 0.2) is 30.3 Å². The van der Waals surface area contributed by atoms with Gasteiger partial charge in [0.1, 0.15) is 0 Å². The second-order valence-electron chi connectivity index (χ2n) is 6.07. The molecule has 0 aliphatic carbocycles. The fraction of sp³-hybridized carbons (Fsp3) is 0.647. The van der Waals surface area contributed by atoms with Gasteiger partial charge in [-0.25, -0.2) is 0 Å². The fourth-order valence-electron chi connectivity index (χ4n) is 3.31. The van der Waals surface area contributed by atoms with Gasteiger partial charge < -0.3 is 9.64 Å². The van der Waals surface area contributed by atoms with Crippen LogP contribution >= 0.6 is 0 Å². The molecule has 110 valence electrons. The molecule has 1 unspecified atom stereocenters. The Morgan fingerprint density at radius 3 is 2.55 bits per heavy atom. The van der Waals surface area contributed by atoms with Crippen LogP contribution in [-0.2, 0) is 11.3 Å². The normalized spacial score (nSPS) is 25.7. The van der Waals surface area contributed by atoms with Crippen molar-refractivity contribution in [3.63, 3.8) is 0 Å². The Bertz CT molecular complexity index is 389. The first kappa shape index (κ1) is 14.1. The molecule has 2 aliphatic rings. The van der Waals surface area contributed by atoms with Gasteiger partial charge in [-0.15, -0.1) is 0 Å². The number of piperidine rings is 1. The van der Waals surface area contributed by atoms with E-state index in [1.54, 1.807) is 0 Å². The van der Waals surface area contributed by atoms with Crippen molar-refractivity contribution in [3.8, 4) is 0 Å². The Morgan fingerprint density at radius 2 is 1.75 bits per heavy atom. The first-order valence-electron chi connectivity index (χ1n) is 8.00. The third-order valence-electron chi connectivity index (χ3n) is 4.38. The van der Waals surface area contributed by atoms with E-state index in [-0.39, 0.29) is 0 Å². The SMILES string of the molecule is c1ccc(CN2CCOC(CN3CCCCC3)C2)cc1. The van der Waals surface area contributed by atoms with Crippen LogP contribution in [0.3, 0.4) is 0 Å². The molecule has 2 aliphatic heterocycles. The van der Waals surface area contributed by atoms with Crippen molar-refractivity contribution in [1.82, 2.24) is 9.80 Å². The van der Waals surface area contributed by atoms with E-state index in [1.807, 2.05) is 0 Å². The van der Waals surface area contributed by atoms with Crippen LogP contribution in [0.2, 0.25) is 0 Å². The van der Waals surface area contributed by atoms with Gasteiger partial charge in [-0.05, 0) is 31.5 Å². The summed E-state index contributed by atoms with van der Waals surface area (Å²) in [5.41, 5.74) is 1.41. The van der Waals surface area contributed by atoms with Crippen LogP contribution in [-0.4, -0.2) is 55.2 Å². The van der Waals surface area contributed by atoms with E-state index in [2.05, 4.69) is 40.1 Å². The predicted octanol–water partition coefficient (Wildman–Crippen LogP) is 2.37. The zero-order chi connectivity index (χ0) is 13.6. The highest BCUT2D eigenvalue weighted by molar-refractivity contribution is 5.14. The molecule has 0 amide bonds. The zero-order valence-corrected chi connectivity index (χ0v) is 12.3. The second kappa shape index (κ2) is 7.21. The van der Waals surface area contributed by atoms with Gasteiger partial charge in [0, 0.05) is 26.2 Å². The highest BCUT2D eigenvalue weighted by atomic mass is 16.5. The van der Waals surface area contributed by atoms with Gasteiger partial charge in [-0.3, -0.25) is 4.90 Å². The van der Waals surface area contributed by atoms with Crippen molar-refractivity contribution in [2.24, 2.45) is 0 Å². The van der Waals surface area contributed by atoms with Gasteiger partial charge in [0.05, 0.1) is 12.7 Å². The molecule has 0 radical (unpaired) electrons. The molecule has 20 heavy (non-hydrogen) atoms. The summed E-state index contributed by atoms with van der Waals surface area (Å²) in [6.07, 6.45) is 4.52. The lowest BCUT2D eigenvalue weighted by Crippen LogP contribution is -2.48. The van der Waals surface area contributed by atoms with E-state index < -0.39 is 0 Å². The minimum Gasteiger partial charge on any atom is -0.374 e. The summed E-state index contributed by atoms with van der Waals surface area (Å²) in [5, 5.41) is 0. The highest BCUT2D eigenvalue weighted by Crippen LogP contribution is 2.14. The summed E-state index contributed by atoms with van der Waals surface area (Å²) in [7, 11) is 0. The smallest absolute Gasteiger partial charge is 0.0829 e. The average Bonchev–Trinajstić information content (AvgIpc) is 2.50. The van der Waals surface area contributed by atoms with Crippen molar-refractivity contribution in [1.29, 1.82) is 0 Å². The fourth-order valence-corrected chi connectivity index (χ4v) is 3.31. The molecule has 0 bridgehead atoms. The van der Waals surface area contributed by atoms with Gasteiger partial charge in [-0.2, -0.15) is 0 Å². The number of likely N-dealkylation sites (tertiary alicyclic amines) is 1. The number of hydrogen-bond acceptors (Lipinski definition) is 3. The molecule has 3 nitrogen and oxygen atoms in total. The number of nitrogens with zero attached hydrogens (tertiary/aromatic N) is 2. The Kier molecular flexibility index (Phi) is 5.06. The molecule has 0 spiro atoms. The van der Waals surface area contributed by atoms with Gasteiger partial charge in [-0.1, -0.05) is 36.8 Å². The summed E-state index contributed by atoms with van der Waals surface area (Å²) < 4.78 is 5.97. The Labute approximate surface area is 122 Å². The molecule has 2 heterocycles. The molecule has 1 atom stereocenters. The first-order chi connectivity index (χ1) is 9.90. The maximum atomic E-state index is 5.97. The van der Waals surface area contributed by atoms with Gasteiger partial charge in [0.2, 0.25) is 0 Å². The van der Waals surface area contributed by atoms with Crippen molar-refractivity contribution in [3.05, 3.63) is 35.9 Å². The Balaban J connectivity index is 1.48. The van der Waals surface area contributed by atoms with Gasteiger partial charge >= 0.3 is 0 Å². The highest BCUT2D eigenvalue weighted by Gasteiger charge is 2.23. The van der Waals surface area contributed by atoms with E-state index in [1.165, 1.54) is 37.9 Å². The lowest BCUT2D eigenvalue weighted by Gasteiger charge is -2.36. The minimum atomic E-state index is 0.394. The number of benzene rings is 1. The topological polar surface area (TPSA) is 15.7 Å². The summed E-state index contributed by atoms with van der Waals surface area (Å²) in [6, 6.07) is 10.8. The number of ether oxygens (including phenoxy) is 1. The molecule has 0 saturated carbocycles. The summed E-state index contributed by atoms with van der Waals surface area (Å²) in [4.78, 5) is 5.12. The van der Waals surface area contributed by atoms with Crippen LogP contribution in [0.5, 0.6) is 0 Å². The molecule has 3 rings (SSSR count). The quantitative estimate of drug-likeness (QED) is 0.838. The Hall–Kier alpha value is -0.900. The van der Waals surface area contributed by atoms with Gasteiger partial charge in [0.25, 0.3) is 0 Å². The van der Waals surface area contributed by atoms with Crippen LogP contribution in [0, 0.1) is 0 Å². The standard InChI is InChI=1S/C17H26N2O/c1-3-7-16(8-4-1)13-19-11-12-20-17(15-19)14-18-9-5-2-6-10-18/h1,3-4,7-8,17H,2,5-6,9-15H2. The molecule has 0 aromatic heterocycles. The van der Waals surface area contributed by atoms with E-state index in [4.69, 9.17) is 4.74 Å². The van der Waals surface area contributed by atoms with E-state index >= 15 is 0 Å². The third kappa shape index (κ3) is 4.05. The minimum absolute atomic E-state index is 0.394. The maximum absolute atomic E-state index is 5.97. The molecule has 1 aromatic carbocycles. The number of rotatable bonds is 4. The Morgan fingerprint density at radius 1 is 0.950 bits per heavy atom. The third-order valence-corrected chi connectivity index (χ3v) is 4.38. The largest absolute Gasteiger partial charge is 0.374 e. The molecule has 1 aromatic rings. The van der Waals surface area contributed by atoms with Crippen LogP contribution in [0.25, 0.3) is 0 Å². The van der Waals surface area contributed by atoms with Crippen molar-refractivity contribution in [2.75, 3.05) is 39.3 Å². The van der Waals surface area contributed by atoms with Crippen LogP contribution in [0.1, 0.15) is 24.8 Å². The molecular weight excluding hydrogens is 248 g/mol. The lowest BCUT2D eigenvalue weighted by atomic mass is 10.1. The lowest BCUT2D eigenvalue weighted by molar-refractivity contribution is -0.0476.